The second-order valence-corrected chi connectivity index (χ2v) is 7.50. The molecule has 26 heavy (non-hydrogen) atoms. The standard InChI is InChI=1S/C17H24N4O4S/c1-11-16(26-12(2)18-11)17(22)21-7-4-13(5-8-21)24-9-6-14-19-15(10-23-3)25-20-14/h13H,4-10H2,1-3H3. The number of thiazole rings is 1. The normalized spacial score (nSPS) is 15.6. The average molecular weight is 380 g/mol. The highest BCUT2D eigenvalue weighted by molar-refractivity contribution is 7.13. The zero-order chi connectivity index (χ0) is 18.5. The van der Waals surface area contributed by atoms with E-state index in [9.17, 15) is 4.79 Å². The van der Waals surface area contributed by atoms with Crippen LogP contribution < -0.4 is 0 Å². The Kier molecular flexibility index (Phi) is 6.33. The Morgan fingerprint density at radius 1 is 1.31 bits per heavy atom. The molecule has 0 radical (unpaired) electrons. The zero-order valence-corrected chi connectivity index (χ0v) is 16.2. The highest BCUT2D eigenvalue weighted by atomic mass is 32.1. The maximum Gasteiger partial charge on any atom is 0.265 e. The van der Waals surface area contributed by atoms with Crippen molar-refractivity contribution in [3.8, 4) is 0 Å². The fourth-order valence-corrected chi connectivity index (χ4v) is 3.88. The second-order valence-electron chi connectivity index (χ2n) is 6.30. The van der Waals surface area contributed by atoms with Crippen LogP contribution in [-0.2, 0) is 22.5 Å². The van der Waals surface area contributed by atoms with Gasteiger partial charge in [-0.1, -0.05) is 5.16 Å². The molecule has 0 spiro atoms. The van der Waals surface area contributed by atoms with Gasteiger partial charge >= 0.3 is 0 Å². The number of hydrogen-bond donors (Lipinski definition) is 0. The SMILES string of the molecule is COCc1nc(CCOC2CCN(C(=O)c3sc(C)nc3C)CC2)no1. The zero-order valence-electron chi connectivity index (χ0n) is 15.4. The molecule has 1 amide bonds. The van der Waals surface area contributed by atoms with Gasteiger partial charge < -0.3 is 18.9 Å². The van der Waals surface area contributed by atoms with Gasteiger partial charge in [-0.25, -0.2) is 4.98 Å². The number of aromatic nitrogens is 3. The molecule has 1 aliphatic heterocycles. The third-order valence-corrected chi connectivity index (χ3v) is 5.35. The lowest BCUT2D eigenvalue weighted by molar-refractivity contribution is 0.00958. The number of ether oxygens (including phenoxy) is 2. The topological polar surface area (TPSA) is 90.6 Å². The van der Waals surface area contributed by atoms with Crippen LogP contribution in [0.2, 0.25) is 0 Å². The van der Waals surface area contributed by atoms with Crippen LogP contribution in [0.4, 0.5) is 0 Å². The lowest BCUT2D eigenvalue weighted by atomic mass is 10.1. The van der Waals surface area contributed by atoms with Gasteiger partial charge in [0.1, 0.15) is 11.5 Å². The molecule has 1 saturated heterocycles. The minimum absolute atomic E-state index is 0.0871. The summed E-state index contributed by atoms with van der Waals surface area (Å²) in [5, 5.41) is 4.82. The molecule has 8 nitrogen and oxygen atoms in total. The molecule has 0 saturated carbocycles. The molecule has 0 aromatic carbocycles. The van der Waals surface area contributed by atoms with Gasteiger partial charge in [0, 0.05) is 26.6 Å². The molecule has 142 valence electrons. The van der Waals surface area contributed by atoms with Crippen LogP contribution >= 0.6 is 11.3 Å². The predicted octanol–water partition coefficient (Wildman–Crippen LogP) is 2.15. The van der Waals surface area contributed by atoms with Gasteiger partial charge in [0.15, 0.2) is 5.82 Å². The highest BCUT2D eigenvalue weighted by Crippen LogP contribution is 2.22. The van der Waals surface area contributed by atoms with Gasteiger partial charge in [0.05, 0.1) is 23.4 Å². The summed E-state index contributed by atoms with van der Waals surface area (Å²) in [6.45, 7) is 6.09. The second kappa shape index (κ2) is 8.70. The van der Waals surface area contributed by atoms with Crippen LogP contribution in [0.25, 0.3) is 0 Å². The third-order valence-electron chi connectivity index (χ3n) is 4.28. The molecule has 3 rings (SSSR count). The molecule has 0 atom stereocenters. The maximum atomic E-state index is 12.6. The number of amides is 1. The van der Waals surface area contributed by atoms with Crippen LogP contribution in [0.3, 0.4) is 0 Å². The minimum atomic E-state index is 0.0871. The van der Waals surface area contributed by atoms with Crippen molar-refractivity contribution in [2.75, 3.05) is 26.8 Å². The van der Waals surface area contributed by atoms with Gasteiger partial charge in [-0.2, -0.15) is 4.98 Å². The van der Waals surface area contributed by atoms with Crippen LogP contribution in [0, 0.1) is 13.8 Å². The summed E-state index contributed by atoms with van der Waals surface area (Å²) >= 11 is 1.47. The van der Waals surface area contributed by atoms with Gasteiger partial charge in [0.2, 0.25) is 0 Å². The number of aryl methyl sites for hydroxylation is 2. The van der Waals surface area contributed by atoms with Crippen molar-refractivity contribution in [1.29, 1.82) is 0 Å². The van der Waals surface area contributed by atoms with E-state index in [1.165, 1.54) is 11.3 Å². The van der Waals surface area contributed by atoms with E-state index in [0.717, 1.165) is 28.4 Å². The number of likely N-dealkylation sites (tertiary alicyclic amines) is 1. The molecule has 1 aliphatic rings. The predicted molar refractivity (Wildman–Crippen MR) is 95.2 cm³/mol. The number of hydrogen-bond acceptors (Lipinski definition) is 8. The third kappa shape index (κ3) is 4.66. The van der Waals surface area contributed by atoms with Gasteiger partial charge in [-0.05, 0) is 26.7 Å². The number of nitrogens with zero attached hydrogens (tertiary/aromatic N) is 4. The summed E-state index contributed by atoms with van der Waals surface area (Å²) in [6, 6.07) is 0. The number of piperidine rings is 1. The van der Waals surface area contributed by atoms with Gasteiger partial charge in [-0.15, -0.1) is 11.3 Å². The minimum Gasteiger partial charge on any atom is -0.378 e. The Morgan fingerprint density at radius 2 is 2.08 bits per heavy atom. The molecule has 9 heteroatoms. The Balaban J connectivity index is 1.40. The van der Waals surface area contributed by atoms with E-state index in [0.29, 0.717) is 44.4 Å². The van der Waals surface area contributed by atoms with E-state index >= 15 is 0 Å². The Morgan fingerprint density at radius 3 is 2.73 bits per heavy atom. The molecule has 0 aliphatic carbocycles. The Labute approximate surface area is 156 Å². The maximum absolute atomic E-state index is 12.6. The molecular weight excluding hydrogens is 356 g/mol. The highest BCUT2D eigenvalue weighted by Gasteiger charge is 2.26. The van der Waals surface area contributed by atoms with Crippen molar-refractivity contribution in [2.45, 2.75) is 45.8 Å². The average Bonchev–Trinajstić information content (AvgIpc) is 3.21. The van der Waals surface area contributed by atoms with Gasteiger partial charge in [-0.3, -0.25) is 4.79 Å². The van der Waals surface area contributed by atoms with Crippen LogP contribution in [0.15, 0.2) is 4.52 Å². The molecule has 2 aromatic rings. The van der Waals surface area contributed by atoms with E-state index in [2.05, 4.69) is 15.1 Å². The first-order chi connectivity index (χ1) is 12.6. The number of carbonyl (C=O) groups excluding carboxylic acids is 1. The van der Waals surface area contributed by atoms with Crippen LogP contribution in [-0.4, -0.2) is 58.8 Å². The number of methoxy groups -OCH3 is 1. The first-order valence-corrected chi connectivity index (χ1v) is 9.53. The monoisotopic (exact) mass is 380 g/mol. The summed E-state index contributed by atoms with van der Waals surface area (Å²) in [7, 11) is 1.58. The molecule has 3 heterocycles. The van der Waals surface area contributed by atoms with Crippen molar-refractivity contribution < 1.29 is 18.8 Å². The number of rotatable bonds is 7. The smallest absolute Gasteiger partial charge is 0.265 e. The first-order valence-electron chi connectivity index (χ1n) is 8.72. The molecule has 1 fully saturated rings. The quantitative estimate of drug-likeness (QED) is 0.727. The molecule has 2 aromatic heterocycles. The fraction of sp³-hybridized carbons (Fsp3) is 0.647. The number of carbonyl (C=O) groups is 1. The van der Waals surface area contributed by atoms with Crippen molar-refractivity contribution in [1.82, 2.24) is 20.0 Å². The summed E-state index contributed by atoms with van der Waals surface area (Å²) in [5.74, 6) is 1.19. The van der Waals surface area contributed by atoms with E-state index in [1.807, 2.05) is 18.7 Å². The van der Waals surface area contributed by atoms with Gasteiger partial charge in [0.25, 0.3) is 11.8 Å². The Hall–Kier alpha value is -1.84. The summed E-state index contributed by atoms with van der Waals surface area (Å²) < 4.78 is 15.9. The summed E-state index contributed by atoms with van der Waals surface area (Å²) in [6.07, 6.45) is 2.44. The van der Waals surface area contributed by atoms with E-state index in [-0.39, 0.29) is 12.0 Å². The van der Waals surface area contributed by atoms with Crippen molar-refractivity contribution >= 4 is 17.2 Å². The summed E-state index contributed by atoms with van der Waals surface area (Å²) in [5.41, 5.74) is 0.823. The molecule has 0 N–H and O–H groups in total. The first kappa shape index (κ1) is 18.9. The van der Waals surface area contributed by atoms with Crippen LogP contribution in [0.1, 0.15) is 44.9 Å². The molecule has 0 bridgehead atoms. The van der Waals surface area contributed by atoms with E-state index < -0.39 is 0 Å². The van der Waals surface area contributed by atoms with Crippen molar-refractivity contribution in [3.63, 3.8) is 0 Å². The molecule has 0 unspecified atom stereocenters. The lowest BCUT2D eigenvalue weighted by Crippen LogP contribution is -2.41. The lowest BCUT2D eigenvalue weighted by Gasteiger charge is -2.31. The fourth-order valence-electron chi connectivity index (χ4n) is 2.99. The van der Waals surface area contributed by atoms with E-state index in [4.69, 9.17) is 14.0 Å². The largest absolute Gasteiger partial charge is 0.378 e. The summed E-state index contributed by atoms with van der Waals surface area (Å²) in [4.78, 5) is 23.8. The van der Waals surface area contributed by atoms with Crippen molar-refractivity contribution in [3.05, 3.63) is 27.3 Å². The Bertz CT molecular complexity index is 737. The molecular formula is C17H24N4O4S. The van der Waals surface area contributed by atoms with Crippen molar-refractivity contribution in [2.24, 2.45) is 0 Å². The van der Waals surface area contributed by atoms with E-state index in [1.54, 1.807) is 7.11 Å². The van der Waals surface area contributed by atoms with Crippen LogP contribution in [0.5, 0.6) is 0 Å².